The van der Waals surface area contributed by atoms with Crippen LogP contribution in [0, 0.1) is 0 Å². The highest BCUT2D eigenvalue weighted by atomic mass is 32.2. The number of amides is 1. The third-order valence-corrected chi connectivity index (χ3v) is 4.43. The summed E-state index contributed by atoms with van der Waals surface area (Å²) in [6.45, 7) is 2.38. The minimum atomic E-state index is -3.53. The Morgan fingerprint density at radius 1 is 1.35 bits per heavy atom. The van der Waals surface area contributed by atoms with Crippen molar-refractivity contribution in [3.8, 4) is 0 Å². The molecule has 0 aliphatic heterocycles. The summed E-state index contributed by atoms with van der Waals surface area (Å²) in [5.74, 6) is -0.187. The van der Waals surface area contributed by atoms with Gasteiger partial charge in [0, 0.05) is 20.6 Å². The zero-order valence-electron chi connectivity index (χ0n) is 11.8. The standard InChI is InChI=1S/C12H20N4O3S/c1-4-14-12(17)8-15-11-7-9(5-6-10(11)13)20(18,19)16(2)3/h5-7,15H,4,8,13H2,1-3H3,(H,14,17). The zero-order valence-corrected chi connectivity index (χ0v) is 12.6. The van der Waals surface area contributed by atoms with Crippen LogP contribution in [0.4, 0.5) is 11.4 Å². The summed E-state index contributed by atoms with van der Waals surface area (Å²) in [5, 5.41) is 5.46. The molecule has 1 aromatic rings. The number of likely N-dealkylation sites (N-methyl/N-ethyl adjacent to an activating group) is 1. The Bertz CT molecular complexity index is 584. The average Bonchev–Trinajstić information content (AvgIpc) is 2.37. The van der Waals surface area contributed by atoms with Gasteiger partial charge in [0.25, 0.3) is 0 Å². The summed E-state index contributed by atoms with van der Waals surface area (Å²) >= 11 is 0. The molecule has 0 unspecified atom stereocenters. The Balaban J connectivity index is 2.96. The van der Waals surface area contributed by atoms with Crippen molar-refractivity contribution in [1.82, 2.24) is 9.62 Å². The summed E-state index contributed by atoms with van der Waals surface area (Å²) in [6, 6.07) is 4.35. The van der Waals surface area contributed by atoms with Crippen molar-refractivity contribution in [3.05, 3.63) is 18.2 Å². The lowest BCUT2D eigenvalue weighted by Crippen LogP contribution is -2.29. The maximum Gasteiger partial charge on any atom is 0.242 e. The molecule has 0 atom stereocenters. The summed E-state index contributed by atoms with van der Waals surface area (Å²) in [5.41, 5.74) is 6.56. The summed E-state index contributed by atoms with van der Waals surface area (Å²) in [6.07, 6.45) is 0. The number of carbonyl (C=O) groups is 1. The van der Waals surface area contributed by atoms with Gasteiger partial charge in [-0.25, -0.2) is 12.7 Å². The number of sulfonamides is 1. The van der Waals surface area contributed by atoms with Gasteiger partial charge in [-0.3, -0.25) is 4.79 Å². The van der Waals surface area contributed by atoms with E-state index in [0.29, 0.717) is 17.9 Å². The molecule has 0 spiro atoms. The molecule has 112 valence electrons. The van der Waals surface area contributed by atoms with E-state index in [1.165, 1.54) is 32.3 Å². The van der Waals surface area contributed by atoms with Crippen molar-refractivity contribution < 1.29 is 13.2 Å². The first kappa shape index (κ1) is 16.3. The smallest absolute Gasteiger partial charge is 0.242 e. The highest BCUT2D eigenvalue weighted by Gasteiger charge is 2.18. The highest BCUT2D eigenvalue weighted by Crippen LogP contribution is 2.23. The molecule has 0 heterocycles. The van der Waals surface area contributed by atoms with E-state index in [1.54, 1.807) is 0 Å². The Morgan fingerprint density at radius 3 is 2.55 bits per heavy atom. The minimum Gasteiger partial charge on any atom is -0.397 e. The topological polar surface area (TPSA) is 105 Å². The third kappa shape index (κ3) is 3.84. The lowest BCUT2D eigenvalue weighted by Gasteiger charge is -2.14. The fourth-order valence-corrected chi connectivity index (χ4v) is 2.42. The summed E-state index contributed by atoms with van der Waals surface area (Å²) < 4.78 is 25.1. The molecule has 0 aliphatic rings. The molecule has 0 saturated carbocycles. The van der Waals surface area contributed by atoms with E-state index in [9.17, 15) is 13.2 Å². The predicted octanol–water partition coefficient (Wildman–Crippen LogP) is 0.0671. The van der Waals surface area contributed by atoms with Crippen molar-refractivity contribution in [1.29, 1.82) is 0 Å². The lowest BCUT2D eigenvalue weighted by molar-refractivity contribution is -0.119. The fourth-order valence-electron chi connectivity index (χ4n) is 1.49. The molecule has 7 nitrogen and oxygen atoms in total. The van der Waals surface area contributed by atoms with Crippen molar-refractivity contribution in [2.45, 2.75) is 11.8 Å². The average molecular weight is 300 g/mol. The quantitative estimate of drug-likeness (QED) is 0.645. The van der Waals surface area contributed by atoms with Gasteiger partial charge >= 0.3 is 0 Å². The van der Waals surface area contributed by atoms with Crippen LogP contribution in [0.15, 0.2) is 23.1 Å². The van der Waals surface area contributed by atoms with Crippen LogP contribution < -0.4 is 16.4 Å². The van der Waals surface area contributed by atoms with Crippen molar-refractivity contribution in [2.75, 3.05) is 38.2 Å². The number of nitrogens with two attached hydrogens (primary N) is 1. The molecule has 0 saturated heterocycles. The molecule has 0 aliphatic carbocycles. The van der Waals surface area contributed by atoms with Crippen molar-refractivity contribution >= 4 is 27.3 Å². The Hall–Kier alpha value is -1.80. The largest absolute Gasteiger partial charge is 0.397 e. The first-order valence-corrected chi connectivity index (χ1v) is 7.55. The van der Waals surface area contributed by atoms with Gasteiger partial charge < -0.3 is 16.4 Å². The normalized spacial score (nSPS) is 11.4. The van der Waals surface area contributed by atoms with Gasteiger partial charge in [0.2, 0.25) is 15.9 Å². The van der Waals surface area contributed by atoms with Crippen LogP contribution in [-0.4, -0.2) is 45.8 Å². The van der Waals surface area contributed by atoms with E-state index in [-0.39, 0.29) is 17.3 Å². The van der Waals surface area contributed by atoms with E-state index in [4.69, 9.17) is 5.73 Å². The van der Waals surface area contributed by atoms with E-state index in [0.717, 1.165) is 4.31 Å². The molecule has 1 aromatic carbocycles. The number of hydrogen-bond acceptors (Lipinski definition) is 5. The first-order valence-electron chi connectivity index (χ1n) is 6.11. The molecular formula is C12H20N4O3S. The minimum absolute atomic E-state index is 0.0313. The van der Waals surface area contributed by atoms with Crippen molar-refractivity contribution in [3.63, 3.8) is 0 Å². The number of benzene rings is 1. The monoisotopic (exact) mass is 300 g/mol. The van der Waals surface area contributed by atoms with Gasteiger partial charge in [-0.15, -0.1) is 0 Å². The van der Waals surface area contributed by atoms with Gasteiger partial charge in [-0.05, 0) is 25.1 Å². The van der Waals surface area contributed by atoms with Crippen LogP contribution in [0.1, 0.15) is 6.92 Å². The molecule has 1 rings (SSSR count). The molecule has 20 heavy (non-hydrogen) atoms. The number of nitrogen functional groups attached to an aromatic ring is 1. The van der Waals surface area contributed by atoms with Crippen LogP contribution >= 0.6 is 0 Å². The van der Waals surface area contributed by atoms with Gasteiger partial charge in [0.05, 0.1) is 22.8 Å². The molecule has 0 radical (unpaired) electrons. The number of nitrogens with zero attached hydrogens (tertiary/aromatic N) is 1. The fraction of sp³-hybridized carbons (Fsp3) is 0.417. The predicted molar refractivity (Wildman–Crippen MR) is 78.9 cm³/mol. The van der Waals surface area contributed by atoms with Crippen LogP contribution in [0.5, 0.6) is 0 Å². The Kier molecular flexibility index (Phi) is 5.34. The van der Waals surface area contributed by atoms with E-state index in [2.05, 4.69) is 10.6 Å². The van der Waals surface area contributed by atoms with Gasteiger partial charge in [0.1, 0.15) is 0 Å². The van der Waals surface area contributed by atoms with E-state index < -0.39 is 10.0 Å². The molecule has 1 amide bonds. The maximum atomic E-state index is 12.0. The lowest BCUT2D eigenvalue weighted by atomic mass is 10.2. The van der Waals surface area contributed by atoms with E-state index >= 15 is 0 Å². The third-order valence-electron chi connectivity index (χ3n) is 2.62. The zero-order chi connectivity index (χ0) is 15.3. The number of nitrogens with one attached hydrogen (secondary N) is 2. The van der Waals surface area contributed by atoms with Crippen LogP contribution in [-0.2, 0) is 14.8 Å². The number of anilines is 2. The van der Waals surface area contributed by atoms with Crippen molar-refractivity contribution in [2.24, 2.45) is 0 Å². The molecular weight excluding hydrogens is 280 g/mol. The molecule has 0 bridgehead atoms. The number of carbonyl (C=O) groups excluding carboxylic acids is 1. The van der Waals surface area contributed by atoms with Crippen LogP contribution in [0.2, 0.25) is 0 Å². The highest BCUT2D eigenvalue weighted by molar-refractivity contribution is 7.89. The number of hydrogen-bond donors (Lipinski definition) is 3. The van der Waals surface area contributed by atoms with Gasteiger partial charge in [-0.2, -0.15) is 0 Å². The molecule has 0 aromatic heterocycles. The second kappa shape index (κ2) is 6.58. The van der Waals surface area contributed by atoms with Gasteiger partial charge in [-0.1, -0.05) is 0 Å². The van der Waals surface area contributed by atoms with Crippen LogP contribution in [0.3, 0.4) is 0 Å². The van der Waals surface area contributed by atoms with E-state index in [1.807, 2.05) is 6.92 Å². The Labute approximate surface area is 119 Å². The molecule has 8 heteroatoms. The molecule has 4 N–H and O–H groups in total. The summed E-state index contributed by atoms with van der Waals surface area (Å²) in [4.78, 5) is 11.5. The second-order valence-electron chi connectivity index (χ2n) is 4.34. The number of rotatable bonds is 6. The Morgan fingerprint density at radius 2 is 2.00 bits per heavy atom. The van der Waals surface area contributed by atoms with Crippen LogP contribution in [0.25, 0.3) is 0 Å². The summed E-state index contributed by atoms with van der Waals surface area (Å²) in [7, 11) is -0.624. The maximum absolute atomic E-state index is 12.0. The first-order chi connectivity index (χ1) is 9.28. The SMILES string of the molecule is CCNC(=O)CNc1cc(S(=O)(=O)N(C)C)ccc1N. The second-order valence-corrected chi connectivity index (χ2v) is 6.50. The molecule has 0 fully saturated rings. The van der Waals surface area contributed by atoms with Gasteiger partial charge in [0.15, 0.2) is 0 Å².